The maximum absolute atomic E-state index is 13.5. The molecule has 0 aliphatic carbocycles. The standard InChI is InChI=1S/C29H34N2O8/c1-17(2)38-29(34)26-20(5)30-19(4)25(27(26)22-7-6-8-23(15-22)31(35)36)28(33)37-16-18(3)39-24-11-9-21(10-12-24)13-14-32/h6-12,15,17-18,26-27,32H,13-14,16H2,1-5H3. The van der Waals surface area contributed by atoms with Crippen LogP contribution in [0.5, 0.6) is 5.75 Å². The average molecular weight is 539 g/mol. The fourth-order valence-corrected chi connectivity index (χ4v) is 4.51. The second-order valence-corrected chi connectivity index (χ2v) is 9.69. The maximum Gasteiger partial charge on any atom is 0.336 e. The Hall–Kier alpha value is -4.05. The number of carbonyl (C=O) groups excluding carboxylic acids is 2. The lowest BCUT2D eigenvalue weighted by molar-refractivity contribution is -0.384. The van der Waals surface area contributed by atoms with Gasteiger partial charge in [0, 0.05) is 36.1 Å². The van der Waals surface area contributed by atoms with Crippen LogP contribution in [0.3, 0.4) is 0 Å². The molecule has 0 aromatic heterocycles. The van der Waals surface area contributed by atoms with Crippen LogP contribution in [0.2, 0.25) is 0 Å². The van der Waals surface area contributed by atoms with E-state index in [-0.39, 0.29) is 24.5 Å². The molecular formula is C29H34N2O8. The summed E-state index contributed by atoms with van der Waals surface area (Å²) in [5, 5.41) is 20.5. The van der Waals surface area contributed by atoms with Crippen LogP contribution in [-0.2, 0) is 25.5 Å². The van der Waals surface area contributed by atoms with Crippen LogP contribution in [0.4, 0.5) is 5.69 Å². The van der Waals surface area contributed by atoms with Gasteiger partial charge in [0.1, 0.15) is 24.4 Å². The minimum absolute atomic E-state index is 0.0543. The molecule has 3 unspecified atom stereocenters. The van der Waals surface area contributed by atoms with E-state index >= 15 is 0 Å². The number of nitro benzene ring substituents is 1. The molecule has 1 aliphatic rings. The number of rotatable bonds is 11. The SMILES string of the molecule is CC1=NC(C)=C(C(=O)OCC(C)Oc2ccc(CCO)cc2)C(c2cccc([N+](=O)[O-])c2)C1C(=O)OC(C)C. The number of hydrogen-bond donors (Lipinski definition) is 1. The van der Waals surface area contributed by atoms with Gasteiger partial charge in [0.25, 0.3) is 5.69 Å². The number of esters is 2. The largest absolute Gasteiger partial charge is 0.487 e. The van der Waals surface area contributed by atoms with E-state index in [1.165, 1.54) is 18.2 Å². The van der Waals surface area contributed by atoms with Crippen LogP contribution in [0.1, 0.15) is 51.7 Å². The summed E-state index contributed by atoms with van der Waals surface area (Å²) in [4.78, 5) is 42.1. The Morgan fingerprint density at radius 1 is 1.10 bits per heavy atom. The van der Waals surface area contributed by atoms with Crippen molar-refractivity contribution in [1.29, 1.82) is 0 Å². The summed E-state index contributed by atoms with van der Waals surface area (Å²) in [5.41, 5.74) is 2.14. The number of hydrogen-bond acceptors (Lipinski definition) is 9. The summed E-state index contributed by atoms with van der Waals surface area (Å²) < 4.78 is 16.9. The van der Waals surface area contributed by atoms with Gasteiger partial charge in [-0.3, -0.25) is 19.9 Å². The zero-order chi connectivity index (χ0) is 28.7. The molecule has 2 aromatic rings. The summed E-state index contributed by atoms with van der Waals surface area (Å²) in [5.74, 6) is -2.55. The highest BCUT2D eigenvalue weighted by molar-refractivity contribution is 6.07. The number of aliphatic hydroxyl groups is 1. The van der Waals surface area contributed by atoms with Crippen molar-refractivity contribution >= 4 is 23.3 Å². The van der Waals surface area contributed by atoms with Crippen molar-refractivity contribution in [1.82, 2.24) is 0 Å². The fourth-order valence-electron chi connectivity index (χ4n) is 4.51. The third-order valence-corrected chi connectivity index (χ3v) is 6.20. The van der Waals surface area contributed by atoms with Crippen LogP contribution in [0.25, 0.3) is 0 Å². The van der Waals surface area contributed by atoms with Crippen molar-refractivity contribution in [3.63, 3.8) is 0 Å². The molecule has 1 N–H and O–H groups in total. The fraction of sp³-hybridized carbons (Fsp3) is 0.414. The molecule has 10 nitrogen and oxygen atoms in total. The van der Waals surface area contributed by atoms with Crippen LogP contribution in [0.15, 0.2) is 64.8 Å². The number of ether oxygens (including phenoxy) is 3. The lowest BCUT2D eigenvalue weighted by Crippen LogP contribution is -2.37. The second kappa shape index (κ2) is 13.1. The van der Waals surface area contributed by atoms with Gasteiger partial charge in [0.15, 0.2) is 0 Å². The summed E-state index contributed by atoms with van der Waals surface area (Å²) in [6.45, 7) is 8.46. The summed E-state index contributed by atoms with van der Waals surface area (Å²) >= 11 is 0. The zero-order valence-corrected chi connectivity index (χ0v) is 22.7. The third kappa shape index (κ3) is 7.51. The molecule has 0 saturated heterocycles. The van der Waals surface area contributed by atoms with E-state index in [2.05, 4.69) is 4.99 Å². The molecule has 3 rings (SSSR count). The molecule has 3 atom stereocenters. The summed E-state index contributed by atoms with van der Waals surface area (Å²) in [6.07, 6.45) is -0.360. The van der Waals surface area contributed by atoms with Crippen molar-refractivity contribution in [2.45, 2.75) is 59.2 Å². The average Bonchev–Trinajstić information content (AvgIpc) is 2.87. The first-order chi connectivity index (χ1) is 18.5. The quantitative estimate of drug-likeness (QED) is 0.250. The van der Waals surface area contributed by atoms with E-state index in [0.29, 0.717) is 29.1 Å². The predicted octanol–water partition coefficient (Wildman–Crippen LogP) is 4.54. The first-order valence-electron chi connectivity index (χ1n) is 12.8. The first-order valence-corrected chi connectivity index (χ1v) is 12.8. The van der Waals surface area contributed by atoms with Gasteiger partial charge < -0.3 is 19.3 Å². The molecule has 10 heteroatoms. The molecule has 0 amide bonds. The maximum atomic E-state index is 13.5. The highest BCUT2D eigenvalue weighted by Crippen LogP contribution is 2.41. The molecule has 0 fully saturated rings. The van der Waals surface area contributed by atoms with Crippen LogP contribution < -0.4 is 4.74 Å². The van der Waals surface area contributed by atoms with Gasteiger partial charge in [0.2, 0.25) is 0 Å². The second-order valence-electron chi connectivity index (χ2n) is 9.69. The number of nitrogens with zero attached hydrogens (tertiary/aromatic N) is 2. The normalized spacial score (nSPS) is 17.9. The minimum atomic E-state index is -0.966. The van der Waals surface area contributed by atoms with Crippen LogP contribution >= 0.6 is 0 Å². The van der Waals surface area contributed by atoms with E-state index < -0.39 is 40.9 Å². The topological polar surface area (TPSA) is 138 Å². The van der Waals surface area contributed by atoms with Crippen LogP contribution in [-0.4, -0.2) is 53.1 Å². The van der Waals surface area contributed by atoms with Gasteiger partial charge in [-0.25, -0.2) is 4.79 Å². The van der Waals surface area contributed by atoms with Gasteiger partial charge in [-0.1, -0.05) is 24.3 Å². The molecular weight excluding hydrogens is 504 g/mol. The Balaban J connectivity index is 1.87. The molecule has 208 valence electrons. The molecule has 0 spiro atoms. The van der Waals surface area contributed by atoms with E-state index in [1.54, 1.807) is 52.8 Å². The number of aliphatic hydroxyl groups excluding tert-OH is 1. The molecule has 0 saturated carbocycles. The monoisotopic (exact) mass is 538 g/mol. The lowest BCUT2D eigenvalue weighted by atomic mass is 9.75. The number of non-ortho nitro benzene ring substituents is 1. The Labute approximate surface area is 227 Å². The molecule has 0 radical (unpaired) electrons. The highest BCUT2D eigenvalue weighted by Gasteiger charge is 2.43. The van der Waals surface area contributed by atoms with Gasteiger partial charge in [-0.15, -0.1) is 0 Å². The molecule has 2 aromatic carbocycles. The predicted molar refractivity (Wildman–Crippen MR) is 145 cm³/mol. The highest BCUT2D eigenvalue weighted by atomic mass is 16.6. The number of aliphatic imine (C=N–C) groups is 1. The van der Waals surface area contributed by atoms with Gasteiger partial charge in [-0.05, 0) is 64.3 Å². The van der Waals surface area contributed by atoms with Crippen LogP contribution in [0, 0.1) is 16.0 Å². The zero-order valence-electron chi connectivity index (χ0n) is 22.7. The Morgan fingerprint density at radius 2 is 1.79 bits per heavy atom. The van der Waals surface area contributed by atoms with E-state index in [4.69, 9.17) is 19.3 Å². The Bertz CT molecular complexity index is 1270. The van der Waals surface area contributed by atoms with Gasteiger partial charge in [-0.2, -0.15) is 0 Å². The number of nitro groups is 1. The number of carbonyl (C=O) groups is 2. The lowest BCUT2D eigenvalue weighted by Gasteiger charge is -2.32. The molecule has 39 heavy (non-hydrogen) atoms. The van der Waals surface area contributed by atoms with Crippen molar-refractivity contribution in [3.05, 3.63) is 81.0 Å². The first kappa shape index (κ1) is 29.5. The molecule has 1 aliphatic heterocycles. The minimum Gasteiger partial charge on any atom is -0.487 e. The van der Waals surface area contributed by atoms with E-state index in [1.807, 2.05) is 12.1 Å². The molecule has 1 heterocycles. The number of benzene rings is 2. The Morgan fingerprint density at radius 3 is 2.41 bits per heavy atom. The number of allylic oxidation sites excluding steroid dienone is 1. The van der Waals surface area contributed by atoms with Gasteiger partial charge in [0.05, 0.1) is 16.6 Å². The molecule has 0 bridgehead atoms. The van der Waals surface area contributed by atoms with Crippen molar-refractivity contribution in [3.8, 4) is 5.75 Å². The van der Waals surface area contributed by atoms with Crippen molar-refractivity contribution < 1.29 is 33.8 Å². The Kier molecular flexibility index (Phi) is 9.95. The van der Waals surface area contributed by atoms with Crippen molar-refractivity contribution in [2.75, 3.05) is 13.2 Å². The summed E-state index contributed by atoms with van der Waals surface area (Å²) in [6, 6.07) is 13.1. The smallest absolute Gasteiger partial charge is 0.336 e. The van der Waals surface area contributed by atoms with E-state index in [9.17, 15) is 19.7 Å². The van der Waals surface area contributed by atoms with Gasteiger partial charge >= 0.3 is 11.9 Å². The summed E-state index contributed by atoms with van der Waals surface area (Å²) in [7, 11) is 0. The van der Waals surface area contributed by atoms with Crippen molar-refractivity contribution in [2.24, 2.45) is 10.9 Å². The van der Waals surface area contributed by atoms with E-state index in [0.717, 1.165) is 5.56 Å². The third-order valence-electron chi connectivity index (χ3n) is 6.20.